The van der Waals surface area contributed by atoms with Crippen molar-refractivity contribution in [2.45, 2.75) is 25.2 Å². The minimum Gasteiger partial charge on any atom is -0.493 e. The number of hydrogen-bond acceptors (Lipinski definition) is 7. The summed E-state index contributed by atoms with van der Waals surface area (Å²) in [7, 11) is 3.17. The monoisotopic (exact) mass is 402 g/mol. The lowest BCUT2D eigenvalue weighted by Gasteiger charge is -2.10. The summed E-state index contributed by atoms with van der Waals surface area (Å²) >= 11 is 1.34. The third kappa shape index (κ3) is 4.48. The zero-order valence-corrected chi connectivity index (χ0v) is 16.8. The molecule has 9 heteroatoms. The van der Waals surface area contributed by atoms with Crippen molar-refractivity contribution in [1.29, 1.82) is 0 Å². The van der Waals surface area contributed by atoms with Gasteiger partial charge < -0.3 is 19.2 Å². The van der Waals surface area contributed by atoms with E-state index in [4.69, 9.17) is 13.9 Å². The van der Waals surface area contributed by atoms with Gasteiger partial charge in [0.1, 0.15) is 0 Å². The number of carbonyl (C=O) groups is 1. The van der Waals surface area contributed by atoms with Crippen LogP contribution in [0.3, 0.4) is 0 Å². The van der Waals surface area contributed by atoms with Crippen molar-refractivity contribution in [3.05, 3.63) is 42.2 Å². The largest absolute Gasteiger partial charge is 0.493 e. The topological polar surface area (TPSA) is 91.4 Å². The van der Waals surface area contributed by atoms with Crippen molar-refractivity contribution in [3.8, 4) is 23.1 Å². The Bertz CT molecular complexity index is 924. The first-order valence-corrected chi connectivity index (χ1v) is 9.72. The van der Waals surface area contributed by atoms with E-state index in [1.54, 1.807) is 26.5 Å². The number of amides is 1. The summed E-state index contributed by atoms with van der Waals surface area (Å²) in [4.78, 5) is 12.2. The molecule has 0 fully saturated rings. The van der Waals surface area contributed by atoms with Crippen LogP contribution in [-0.4, -0.2) is 40.6 Å². The summed E-state index contributed by atoms with van der Waals surface area (Å²) in [6.45, 7) is 3.08. The molecule has 1 N–H and O–H groups in total. The number of methoxy groups -OCH3 is 2. The van der Waals surface area contributed by atoms with Crippen molar-refractivity contribution in [3.63, 3.8) is 0 Å². The van der Waals surface area contributed by atoms with Crippen LogP contribution in [-0.2, 0) is 17.9 Å². The fourth-order valence-electron chi connectivity index (χ4n) is 2.64. The fourth-order valence-corrected chi connectivity index (χ4v) is 3.47. The van der Waals surface area contributed by atoms with Crippen LogP contribution in [0.1, 0.15) is 12.5 Å². The van der Waals surface area contributed by atoms with Gasteiger partial charge in [0.2, 0.25) is 5.91 Å². The Morgan fingerprint density at radius 2 is 2.04 bits per heavy atom. The molecule has 0 bridgehead atoms. The normalized spacial score (nSPS) is 10.7. The second-order valence-electron chi connectivity index (χ2n) is 5.78. The number of rotatable bonds is 9. The van der Waals surface area contributed by atoms with Crippen molar-refractivity contribution in [2.75, 3.05) is 20.0 Å². The highest BCUT2D eigenvalue weighted by atomic mass is 32.2. The number of aromatic nitrogens is 3. The Morgan fingerprint density at radius 1 is 1.21 bits per heavy atom. The highest BCUT2D eigenvalue weighted by molar-refractivity contribution is 7.99. The Kier molecular flexibility index (Phi) is 6.59. The molecule has 0 aliphatic carbocycles. The van der Waals surface area contributed by atoms with Gasteiger partial charge in [0.15, 0.2) is 28.2 Å². The summed E-state index contributed by atoms with van der Waals surface area (Å²) in [5.41, 5.74) is 0.924. The van der Waals surface area contributed by atoms with E-state index in [0.29, 0.717) is 41.3 Å². The van der Waals surface area contributed by atoms with Crippen molar-refractivity contribution < 1.29 is 18.7 Å². The van der Waals surface area contributed by atoms with Crippen molar-refractivity contribution >= 4 is 17.7 Å². The molecule has 3 rings (SSSR count). The second kappa shape index (κ2) is 9.32. The molecule has 2 aromatic heterocycles. The zero-order valence-electron chi connectivity index (χ0n) is 16.0. The highest BCUT2D eigenvalue weighted by Crippen LogP contribution is 2.27. The summed E-state index contributed by atoms with van der Waals surface area (Å²) in [5, 5.41) is 11.9. The van der Waals surface area contributed by atoms with Gasteiger partial charge in [-0.25, -0.2) is 0 Å². The van der Waals surface area contributed by atoms with Gasteiger partial charge in [0.25, 0.3) is 0 Å². The van der Waals surface area contributed by atoms with E-state index in [2.05, 4.69) is 15.5 Å². The average Bonchev–Trinajstić information content (AvgIpc) is 3.39. The molecule has 0 radical (unpaired) electrons. The predicted molar refractivity (Wildman–Crippen MR) is 106 cm³/mol. The van der Waals surface area contributed by atoms with Gasteiger partial charge in [-0.2, -0.15) is 0 Å². The summed E-state index contributed by atoms with van der Waals surface area (Å²) in [5.74, 6) is 2.73. The molecule has 0 saturated heterocycles. The van der Waals surface area contributed by atoms with Crippen LogP contribution in [0.25, 0.3) is 11.6 Å². The van der Waals surface area contributed by atoms with E-state index in [-0.39, 0.29) is 11.7 Å². The van der Waals surface area contributed by atoms with Gasteiger partial charge in [0, 0.05) is 13.1 Å². The number of thioether (sulfide) groups is 1. The molecule has 8 nitrogen and oxygen atoms in total. The lowest BCUT2D eigenvalue weighted by Crippen LogP contribution is -2.24. The number of nitrogens with zero attached hydrogens (tertiary/aromatic N) is 3. The van der Waals surface area contributed by atoms with E-state index in [0.717, 1.165) is 5.56 Å². The van der Waals surface area contributed by atoms with Crippen LogP contribution in [0.2, 0.25) is 0 Å². The molecule has 0 aliphatic heterocycles. The van der Waals surface area contributed by atoms with Gasteiger partial charge >= 0.3 is 0 Å². The van der Waals surface area contributed by atoms with Gasteiger partial charge in [0.05, 0.1) is 26.2 Å². The first kappa shape index (κ1) is 19.8. The molecule has 0 aliphatic rings. The first-order chi connectivity index (χ1) is 13.7. The first-order valence-electron chi connectivity index (χ1n) is 8.73. The van der Waals surface area contributed by atoms with Gasteiger partial charge in [-0.1, -0.05) is 17.8 Å². The standard InChI is InChI=1S/C19H22N4O4S/c1-4-23-18(15-6-5-9-27-15)21-22-19(23)28-12-17(24)20-11-13-7-8-14(25-2)16(10-13)26-3/h5-10H,4,11-12H2,1-3H3,(H,20,24). The summed E-state index contributed by atoms with van der Waals surface area (Å²) in [6, 6.07) is 9.18. The minimum atomic E-state index is -0.0926. The van der Waals surface area contributed by atoms with Gasteiger partial charge in [-0.3, -0.25) is 9.36 Å². The predicted octanol–water partition coefficient (Wildman–Crippen LogP) is 2.98. The Morgan fingerprint density at radius 3 is 2.71 bits per heavy atom. The number of furan rings is 1. The summed E-state index contributed by atoms with van der Waals surface area (Å²) < 4.78 is 17.8. The van der Waals surface area contributed by atoms with Crippen molar-refractivity contribution in [2.24, 2.45) is 0 Å². The molecular formula is C19H22N4O4S. The van der Waals surface area contributed by atoms with Gasteiger partial charge in [-0.05, 0) is 36.8 Å². The van der Waals surface area contributed by atoms with Crippen LogP contribution >= 0.6 is 11.8 Å². The van der Waals surface area contributed by atoms with Crippen LogP contribution in [0.5, 0.6) is 11.5 Å². The SMILES string of the molecule is CCn1c(SCC(=O)NCc2ccc(OC)c(OC)c2)nnc1-c1ccco1. The number of nitrogens with one attached hydrogen (secondary N) is 1. The Balaban J connectivity index is 1.56. The van der Waals surface area contributed by atoms with E-state index in [1.165, 1.54) is 11.8 Å². The number of hydrogen-bond donors (Lipinski definition) is 1. The molecule has 2 heterocycles. The molecule has 0 saturated carbocycles. The van der Waals surface area contributed by atoms with E-state index in [9.17, 15) is 4.79 Å². The lowest BCUT2D eigenvalue weighted by atomic mass is 10.2. The van der Waals surface area contributed by atoms with Crippen LogP contribution in [0.15, 0.2) is 46.2 Å². The third-order valence-electron chi connectivity index (χ3n) is 4.04. The molecule has 1 aromatic carbocycles. The van der Waals surface area contributed by atoms with Crippen LogP contribution in [0, 0.1) is 0 Å². The quantitative estimate of drug-likeness (QED) is 0.550. The zero-order chi connectivity index (χ0) is 19.9. The van der Waals surface area contributed by atoms with Crippen molar-refractivity contribution in [1.82, 2.24) is 20.1 Å². The Hall–Kier alpha value is -2.94. The number of ether oxygens (including phenoxy) is 2. The maximum atomic E-state index is 12.2. The van der Waals surface area contributed by atoms with Gasteiger partial charge in [-0.15, -0.1) is 10.2 Å². The summed E-state index contributed by atoms with van der Waals surface area (Å²) in [6.07, 6.45) is 1.60. The highest BCUT2D eigenvalue weighted by Gasteiger charge is 2.16. The molecular weight excluding hydrogens is 380 g/mol. The van der Waals surface area contributed by atoms with Crippen LogP contribution in [0.4, 0.5) is 0 Å². The third-order valence-corrected chi connectivity index (χ3v) is 5.01. The smallest absolute Gasteiger partial charge is 0.230 e. The maximum absolute atomic E-state index is 12.2. The minimum absolute atomic E-state index is 0.0926. The van der Waals surface area contributed by atoms with E-state index < -0.39 is 0 Å². The molecule has 28 heavy (non-hydrogen) atoms. The van der Waals surface area contributed by atoms with E-state index >= 15 is 0 Å². The second-order valence-corrected chi connectivity index (χ2v) is 6.72. The lowest BCUT2D eigenvalue weighted by molar-refractivity contribution is -0.118. The molecule has 1 amide bonds. The maximum Gasteiger partial charge on any atom is 0.230 e. The molecule has 3 aromatic rings. The Labute approximate surface area is 167 Å². The van der Waals surface area contributed by atoms with E-state index in [1.807, 2.05) is 35.8 Å². The molecule has 0 unspecified atom stereocenters. The molecule has 0 spiro atoms. The average molecular weight is 402 g/mol. The number of benzene rings is 1. The van der Waals surface area contributed by atoms with Crippen LogP contribution < -0.4 is 14.8 Å². The number of carbonyl (C=O) groups excluding carboxylic acids is 1. The molecule has 148 valence electrons. The fraction of sp³-hybridized carbons (Fsp3) is 0.316. The molecule has 0 atom stereocenters.